The van der Waals surface area contributed by atoms with Crippen molar-refractivity contribution < 1.29 is 61.4 Å². The van der Waals surface area contributed by atoms with Gasteiger partial charge in [0.25, 0.3) is 5.69 Å². The molecule has 9 heteroatoms. The molecule has 0 amide bonds. The first-order valence-electron chi connectivity index (χ1n) is 7.84. The quantitative estimate of drug-likeness (QED) is 0.284. The van der Waals surface area contributed by atoms with E-state index < -0.39 is 10.8 Å². The van der Waals surface area contributed by atoms with Gasteiger partial charge in [-0.3, -0.25) is 15.1 Å². The van der Waals surface area contributed by atoms with E-state index >= 15 is 0 Å². The zero-order valence-electron chi connectivity index (χ0n) is 15.2. The second-order valence-corrected chi connectivity index (χ2v) is 5.57. The maximum atomic E-state index is 12.1. The molecule has 0 bridgehead atoms. The molecule has 28 heavy (non-hydrogen) atoms. The molecule has 132 valence electrons. The number of non-ortho nitro benzene ring substituents is 1. The van der Waals surface area contributed by atoms with Gasteiger partial charge in [0, 0.05) is 23.6 Å². The summed E-state index contributed by atoms with van der Waals surface area (Å²) >= 11 is 0. The molecule has 3 aromatic rings. The Labute approximate surface area is 203 Å². The first-order valence-corrected chi connectivity index (χ1v) is 7.84. The molecule has 0 saturated heterocycles. The predicted molar refractivity (Wildman–Crippen MR) is 95.8 cm³/mol. The van der Waals surface area contributed by atoms with E-state index in [1.165, 1.54) is 24.3 Å². The number of nitriles is 1. The Bertz CT molecular complexity index is 1080. The molecule has 0 aliphatic rings. The Kier molecular flexibility index (Phi) is 7.50. The van der Waals surface area contributed by atoms with Crippen molar-refractivity contribution in [3.05, 3.63) is 75.8 Å². The molecule has 0 spiro atoms. The van der Waals surface area contributed by atoms with E-state index in [0.29, 0.717) is 28.2 Å². The van der Waals surface area contributed by atoms with Gasteiger partial charge in [-0.2, -0.15) is 10.4 Å². The fraction of sp³-hybridized carbons (Fsp3) is 0.0526. The maximum absolute atomic E-state index is 12.1. The van der Waals surface area contributed by atoms with Gasteiger partial charge in [0.1, 0.15) is 11.8 Å². The van der Waals surface area contributed by atoms with Crippen LogP contribution in [0, 0.1) is 28.4 Å². The number of azo groups is 1. The summed E-state index contributed by atoms with van der Waals surface area (Å²) in [4.78, 5) is 14.2. The second-order valence-electron chi connectivity index (χ2n) is 5.57. The van der Waals surface area contributed by atoms with E-state index in [4.69, 9.17) is 0 Å². The molecule has 1 aromatic heterocycles. The Morgan fingerprint density at radius 2 is 1.71 bits per heavy atom. The van der Waals surface area contributed by atoms with Crippen molar-refractivity contribution in [1.82, 2.24) is 4.98 Å². The molecule has 0 unspecified atom stereocenters. The molecule has 0 fully saturated rings. The van der Waals surface area contributed by atoms with Crippen molar-refractivity contribution in [3.8, 4) is 23.2 Å². The Morgan fingerprint density at radius 3 is 2.29 bits per heavy atom. The first-order chi connectivity index (χ1) is 13.0. The third kappa shape index (κ3) is 4.67. The maximum Gasteiger partial charge on any atom is 1.00 e. The molecule has 0 aliphatic heterocycles. The van der Waals surface area contributed by atoms with Crippen LogP contribution in [0.5, 0.6) is 5.88 Å². The van der Waals surface area contributed by atoms with Crippen LogP contribution in [0.4, 0.5) is 17.1 Å². The number of aromatic nitrogens is 1. The summed E-state index contributed by atoms with van der Waals surface area (Å²) in [6.45, 7) is 1.61. The van der Waals surface area contributed by atoms with Gasteiger partial charge >= 0.3 is 51.4 Å². The fourth-order valence-electron chi connectivity index (χ4n) is 2.47. The molecule has 0 N–H and O–H groups in total. The molecule has 1 heterocycles. The van der Waals surface area contributed by atoms with Gasteiger partial charge < -0.3 is 5.11 Å². The number of hydrogen-bond acceptors (Lipinski definition) is 7. The first kappa shape index (κ1) is 21.8. The van der Waals surface area contributed by atoms with Crippen molar-refractivity contribution in [2.24, 2.45) is 10.2 Å². The normalized spacial score (nSPS) is 10.3. The minimum absolute atomic E-state index is 0. The second kappa shape index (κ2) is 9.63. The van der Waals surface area contributed by atoms with Crippen LogP contribution < -0.4 is 56.5 Å². The topological polar surface area (TPSA) is 128 Å². The van der Waals surface area contributed by atoms with Crippen LogP contribution in [0.1, 0.15) is 11.1 Å². The van der Waals surface area contributed by atoms with Gasteiger partial charge in [-0.05, 0) is 24.6 Å². The third-order valence-corrected chi connectivity index (χ3v) is 3.87. The van der Waals surface area contributed by atoms with Crippen LogP contribution in [0.3, 0.4) is 0 Å². The average molecular weight is 397 g/mol. The smallest absolute Gasteiger partial charge is 0.858 e. The van der Waals surface area contributed by atoms with Crippen molar-refractivity contribution in [2.75, 3.05) is 0 Å². The summed E-state index contributed by atoms with van der Waals surface area (Å²) in [5.41, 5.74) is 1.91. The van der Waals surface area contributed by atoms with Crippen LogP contribution in [0.25, 0.3) is 11.3 Å². The number of nitro groups is 1. The molecular weight excluding hydrogens is 385 g/mol. The summed E-state index contributed by atoms with van der Waals surface area (Å²) in [6.07, 6.45) is 0. The van der Waals surface area contributed by atoms with Crippen LogP contribution in [-0.2, 0) is 0 Å². The van der Waals surface area contributed by atoms with Gasteiger partial charge in [0.2, 0.25) is 0 Å². The van der Waals surface area contributed by atoms with E-state index in [1.807, 2.05) is 12.1 Å². The zero-order valence-corrected chi connectivity index (χ0v) is 18.3. The fourth-order valence-corrected chi connectivity index (χ4v) is 2.47. The largest absolute Gasteiger partial charge is 1.00 e. The SMILES string of the molecule is Cc1c(C#N)c([O-])nc(-c2ccccc2)c1N=Nc1ccc([N+](=O)[O-])cc1.[K+]. The van der Waals surface area contributed by atoms with Crippen LogP contribution in [-0.4, -0.2) is 9.91 Å². The molecule has 0 atom stereocenters. The van der Waals surface area contributed by atoms with Crippen LogP contribution in [0.15, 0.2) is 64.8 Å². The Balaban J connectivity index is 0.00000280. The summed E-state index contributed by atoms with van der Waals surface area (Å²) in [5.74, 6) is -0.622. The van der Waals surface area contributed by atoms with Gasteiger partial charge in [0.05, 0.1) is 21.9 Å². The molecule has 0 aliphatic carbocycles. The van der Waals surface area contributed by atoms with Gasteiger partial charge in [-0.15, -0.1) is 5.11 Å². The standard InChI is InChI=1S/C19H13N5O3.K/c1-12-16(11-20)19(25)21-18(13-5-3-2-4-6-13)17(12)23-22-14-7-9-15(10-8-14)24(26)27;/h2-10H,1H3,(H,21,25);/q;+1/p-1. The Morgan fingerprint density at radius 1 is 1.07 bits per heavy atom. The number of nitro benzene ring substituents is 1. The molecule has 8 nitrogen and oxygen atoms in total. The van der Waals surface area contributed by atoms with Crippen molar-refractivity contribution >= 4 is 17.1 Å². The monoisotopic (exact) mass is 397 g/mol. The van der Waals surface area contributed by atoms with Gasteiger partial charge in [-0.25, -0.2) is 0 Å². The molecule has 0 saturated carbocycles. The Hall–Kier alpha value is -2.48. The molecular formula is C19H12KN5O3. The number of pyridine rings is 1. The predicted octanol–water partition coefficient (Wildman–Crippen LogP) is 1.33. The van der Waals surface area contributed by atoms with E-state index in [9.17, 15) is 20.5 Å². The summed E-state index contributed by atoms with van der Waals surface area (Å²) in [7, 11) is 0. The molecule has 0 radical (unpaired) electrons. The summed E-state index contributed by atoms with van der Waals surface area (Å²) in [6, 6.07) is 16.4. The molecule has 3 rings (SSSR count). The summed E-state index contributed by atoms with van der Waals surface area (Å²) < 4.78 is 0. The minimum atomic E-state index is -0.622. The third-order valence-electron chi connectivity index (χ3n) is 3.87. The van der Waals surface area contributed by atoms with Crippen molar-refractivity contribution in [2.45, 2.75) is 6.92 Å². The van der Waals surface area contributed by atoms with Crippen LogP contribution >= 0.6 is 0 Å². The number of hydrogen-bond donors (Lipinski definition) is 0. The summed E-state index contributed by atoms with van der Waals surface area (Å²) in [5, 5.41) is 40.3. The number of nitrogens with zero attached hydrogens (tertiary/aromatic N) is 5. The van der Waals surface area contributed by atoms with Gasteiger partial charge in [-0.1, -0.05) is 30.3 Å². The number of benzene rings is 2. The van der Waals surface area contributed by atoms with E-state index in [0.717, 1.165) is 0 Å². The van der Waals surface area contributed by atoms with Gasteiger partial charge in [0.15, 0.2) is 0 Å². The zero-order chi connectivity index (χ0) is 19.4. The minimum Gasteiger partial charge on any atom is -0.858 e. The van der Waals surface area contributed by atoms with E-state index in [-0.39, 0.29) is 62.6 Å². The molecule has 2 aromatic carbocycles. The van der Waals surface area contributed by atoms with E-state index in [2.05, 4.69) is 15.2 Å². The number of rotatable bonds is 4. The average Bonchev–Trinajstić information content (AvgIpc) is 2.68. The van der Waals surface area contributed by atoms with Crippen LogP contribution in [0.2, 0.25) is 0 Å². The van der Waals surface area contributed by atoms with Crippen molar-refractivity contribution in [1.29, 1.82) is 5.26 Å². The van der Waals surface area contributed by atoms with Crippen molar-refractivity contribution in [3.63, 3.8) is 0 Å². The van der Waals surface area contributed by atoms with E-state index in [1.54, 1.807) is 31.2 Å².